The van der Waals surface area contributed by atoms with Crippen LogP contribution in [0.5, 0.6) is 0 Å². The minimum atomic E-state index is 0.628. The maximum absolute atomic E-state index is 5.36. The number of benzene rings is 8. The van der Waals surface area contributed by atoms with E-state index >= 15 is 0 Å². The molecule has 0 saturated carbocycles. The molecule has 0 N–H and O–H groups in total. The highest BCUT2D eigenvalue weighted by molar-refractivity contribution is 7.27. The van der Waals surface area contributed by atoms with Gasteiger partial charge < -0.3 is 4.57 Å². The summed E-state index contributed by atoms with van der Waals surface area (Å²) < 4.78 is 7.44. The fourth-order valence-corrected chi connectivity index (χ4v) is 10.9. The molecule has 4 aromatic heterocycles. The molecule has 0 bridgehead atoms. The van der Waals surface area contributed by atoms with Crippen molar-refractivity contribution in [3.8, 4) is 51.0 Å². The van der Waals surface area contributed by atoms with Gasteiger partial charge in [-0.3, -0.25) is 0 Å². The highest BCUT2D eigenvalue weighted by atomic mass is 32.1. The molecular formula is C51H30N4S2. The molecule has 0 fully saturated rings. The zero-order valence-corrected chi connectivity index (χ0v) is 32.1. The quantitative estimate of drug-likeness (QED) is 0.175. The lowest BCUT2D eigenvalue weighted by Crippen LogP contribution is -2.02. The Labute approximate surface area is 335 Å². The predicted octanol–water partition coefficient (Wildman–Crippen LogP) is 14.4. The van der Waals surface area contributed by atoms with Crippen LogP contribution in [0.2, 0.25) is 0 Å². The summed E-state index contributed by atoms with van der Waals surface area (Å²) in [6.45, 7) is 0. The Morgan fingerprint density at radius 2 is 0.895 bits per heavy atom. The molecule has 6 heteroatoms. The zero-order chi connectivity index (χ0) is 37.5. The van der Waals surface area contributed by atoms with Crippen LogP contribution in [0.1, 0.15) is 0 Å². The van der Waals surface area contributed by atoms with Crippen molar-refractivity contribution in [3.05, 3.63) is 182 Å². The summed E-state index contributed by atoms with van der Waals surface area (Å²) in [7, 11) is 0. The standard InChI is InChI=1S/C51H30N4S2/c1-3-14-31(15-4-1)33-28-34(30-35(29-33)55-43-23-10-7-18-36(43)39-26-27-41-38-20-9-12-25-45(38)57-48(41)46(39)55)50-52-49(32-16-5-2-6-17-32)53-51(54-50)42-22-13-21-40-37-19-8-11-24-44(37)56-47(40)42/h1-30H. The molecule has 57 heavy (non-hydrogen) atoms. The summed E-state index contributed by atoms with van der Waals surface area (Å²) in [6, 6.07) is 64.8. The highest BCUT2D eigenvalue weighted by Gasteiger charge is 2.21. The molecule has 4 nitrogen and oxygen atoms in total. The van der Waals surface area contributed by atoms with E-state index in [0.29, 0.717) is 17.5 Å². The van der Waals surface area contributed by atoms with Crippen molar-refractivity contribution in [2.75, 3.05) is 0 Å². The van der Waals surface area contributed by atoms with Gasteiger partial charge in [-0.15, -0.1) is 22.7 Å². The molecule has 4 heterocycles. The molecule has 0 amide bonds. The van der Waals surface area contributed by atoms with E-state index < -0.39 is 0 Å². The number of rotatable bonds is 5. The summed E-state index contributed by atoms with van der Waals surface area (Å²) in [4.78, 5) is 15.8. The lowest BCUT2D eigenvalue weighted by molar-refractivity contribution is 1.07. The molecule has 0 aliphatic rings. The van der Waals surface area contributed by atoms with Crippen LogP contribution in [-0.4, -0.2) is 19.5 Å². The Morgan fingerprint density at radius 3 is 1.65 bits per heavy atom. The van der Waals surface area contributed by atoms with Crippen LogP contribution in [0.15, 0.2) is 182 Å². The average molecular weight is 763 g/mol. The van der Waals surface area contributed by atoms with Crippen LogP contribution >= 0.6 is 22.7 Å². The Bertz CT molecular complexity index is 3530. The third-order valence-corrected chi connectivity index (χ3v) is 13.4. The van der Waals surface area contributed by atoms with E-state index in [1.165, 1.54) is 56.6 Å². The van der Waals surface area contributed by atoms with Gasteiger partial charge in [0.2, 0.25) is 0 Å². The number of hydrogen-bond donors (Lipinski definition) is 0. The van der Waals surface area contributed by atoms with E-state index in [-0.39, 0.29) is 0 Å². The van der Waals surface area contributed by atoms with E-state index in [9.17, 15) is 0 Å². The van der Waals surface area contributed by atoms with Crippen LogP contribution in [0.4, 0.5) is 0 Å². The molecular weight excluding hydrogens is 733 g/mol. The number of fused-ring (bicyclic) bond motifs is 10. The van der Waals surface area contributed by atoms with Gasteiger partial charge in [-0.25, -0.2) is 15.0 Å². The van der Waals surface area contributed by atoms with Gasteiger partial charge in [-0.1, -0.05) is 140 Å². The lowest BCUT2D eigenvalue weighted by atomic mass is 10.0. The first kappa shape index (κ1) is 32.3. The first-order valence-electron chi connectivity index (χ1n) is 19.0. The molecule has 8 aromatic carbocycles. The average Bonchev–Trinajstić information content (AvgIpc) is 3.96. The molecule has 0 saturated heterocycles. The van der Waals surface area contributed by atoms with Crippen LogP contribution in [-0.2, 0) is 0 Å². The Kier molecular flexibility index (Phi) is 7.24. The van der Waals surface area contributed by atoms with Crippen molar-refractivity contribution in [3.63, 3.8) is 0 Å². The van der Waals surface area contributed by atoms with Gasteiger partial charge in [-0.2, -0.15) is 0 Å². The van der Waals surface area contributed by atoms with Gasteiger partial charge in [0.05, 0.1) is 15.7 Å². The molecule has 0 unspecified atom stereocenters. The summed E-state index contributed by atoms with van der Waals surface area (Å²) >= 11 is 3.65. The third-order valence-electron chi connectivity index (χ3n) is 11.0. The van der Waals surface area contributed by atoms with E-state index in [1.54, 1.807) is 11.3 Å². The Balaban J connectivity index is 1.16. The predicted molar refractivity (Wildman–Crippen MR) is 242 cm³/mol. The van der Waals surface area contributed by atoms with Crippen molar-refractivity contribution in [2.45, 2.75) is 0 Å². The van der Waals surface area contributed by atoms with Crippen LogP contribution < -0.4 is 0 Å². The largest absolute Gasteiger partial charge is 0.308 e. The second kappa shape index (κ2) is 12.8. The third kappa shape index (κ3) is 5.15. The smallest absolute Gasteiger partial charge is 0.165 e. The molecule has 12 aromatic rings. The number of hydrogen-bond acceptors (Lipinski definition) is 5. The molecule has 0 aliphatic carbocycles. The molecule has 0 radical (unpaired) electrons. The Morgan fingerprint density at radius 1 is 0.351 bits per heavy atom. The monoisotopic (exact) mass is 762 g/mol. The van der Waals surface area contributed by atoms with Crippen LogP contribution in [0, 0.1) is 0 Å². The minimum absolute atomic E-state index is 0.628. The van der Waals surface area contributed by atoms with Gasteiger partial charge in [0.15, 0.2) is 17.5 Å². The SMILES string of the molecule is c1ccc(-c2cc(-c3nc(-c4ccccc4)nc(-c4cccc5c4sc4ccccc45)n3)cc(-n3c4ccccc4c4ccc5c6ccccc6sc5c43)c2)cc1. The summed E-state index contributed by atoms with van der Waals surface area (Å²) in [5.41, 5.74) is 8.51. The van der Waals surface area contributed by atoms with E-state index in [1.807, 2.05) is 29.5 Å². The van der Waals surface area contributed by atoms with Gasteiger partial charge in [0.1, 0.15) is 0 Å². The molecule has 0 atom stereocenters. The molecule has 0 spiro atoms. The van der Waals surface area contributed by atoms with Crippen molar-refractivity contribution < 1.29 is 0 Å². The van der Waals surface area contributed by atoms with Crippen molar-refractivity contribution in [2.24, 2.45) is 0 Å². The zero-order valence-electron chi connectivity index (χ0n) is 30.4. The van der Waals surface area contributed by atoms with Gasteiger partial charge in [-0.05, 0) is 53.6 Å². The number of thiophene rings is 2. The second-order valence-electron chi connectivity index (χ2n) is 14.4. The lowest BCUT2D eigenvalue weighted by Gasteiger charge is -2.15. The number of para-hydroxylation sites is 1. The highest BCUT2D eigenvalue weighted by Crippen LogP contribution is 2.44. The van der Waals surface area contributed by atoms with Crippen LogP contribution in [0.3, 0.4) is 0 Å². The van der Waals surface area contributed by atoms with Crippen molar-refractivity contribution >= 4 is 84.8 Å². The molecule has 266 valence electrons. The fraction of sp³-hybridized carbons (Fsp3) is 0. The minimum Gasteiger partial charge on any atom is -0.308 e. The van der Waals surface area contributed by atoms with Gasteiger partial charge in [0, 0.05) is 68.8 Å². The maximum Gasteiger partial charge on any atom is 0.165 e. The van der Waals surface area contributed by atoms with Crippen molar-refractivity contribution in [1.29, 1.82) is 0 Å². The summed E-state index contributed by atoms with van der Waals surface area (Å²) in [5, 5.41) is 7.48. The second-order valence-corrected chi connectivity index (χ2v) is 16.5. The van der Waals surface area contributed by atoms with E-state index in [0.717, 1.165) is 39.0 Å². The van der Waals surface area contributed by atoms with E-state index in [2.05, 4.69) is 168 Å². The summed E-state index contributed by atoms with van der Waals surface area (Å²) in [6.07, 6.45) is 0. The first-order chi connectivity index (χ1) is 28.2. The number of nitrogens with zero attached hydrogens (tertiary/aromatic N) is 4. The van der Waals surface area contributed by atoms with E-state index in [4.69, 9.17) is 15.0 Å². The maximum atomic E-state index is 5.36. The Hall–Kier alpha value is -6.99. The topological polar surface area (TPSA) is 43.6 Å². The van der Waals surface area contributed by atoms with Gasteiger partial charge >= 0.3 is 0 Å². The summed E-state index contributed by atoms with van der Waals surface area (Å²) in [5.74, 6) is 1.93. The van der Waals surface area contributed by atoms with Crippen LogP contribution in [0.25, 0.3) is 113 Å². The fourth-order valence-electron chi connectivity index (χ4n) is 8.43. The first-order valence-corrected chi connectivity index (χ1v) is 20.7. The van der Waals surface area contributed by atoms with Crippen molar-refractivity contribution in [1.82, 2.24) is 19.5 Å². The number of aromatic nitrogens is 4. The van der Waals surface area contributed by atoms with Gasteiger partial charge in [0.25, 0.3) is 0 Å². The molecule has 0 aliphatic heterocycles. The molecule has 12 rings (SSSR count). The normalized spacial score (nSPS) is 11.9.